The molecular formula is C17H15NO2S. The maximum Gasteiger partial charge on any atom is 0.226 e. The van der Waals surface area contributed by atoms with E-state index in [0.717, 1.165) is 27.7 Å². The van der Waals surface area contributed by atoms with Crippen LogP contribution in [0.1, 0.15) is 5.69 Å². The Hall–Kier alpha value is -2.20. The molecule has 0 radical (unpaired) electrons. The standard InChI is InChI=1S/C17H15NO2S/c1-19-15-8-5-9-16(10-15)21-12-14-11-20-17(18-14)13-6-3-2-4-7-13/h2-11H,12H2,1H3. The fraction of sp³-hybridized carbons (Fsp3) is 0.118. The summed E-state index contributed by atoms with van der Waals surface area (Å²) in [5.41, 5.74) is 1.93. The molecule has 0 aliphatic carbocycles. The van der Waals surface area contributed by atoms with E-state index in [-0.39, 0.29) is 0 Å². The van der Waals surface area contributed by atoms with Crippen LogP contribution in [-0.4, -0.2) is 12.1 Å². The molecule has 3 aromatic rings. The molecule has 106 valence electrons. The van der Waals surface area contributed by atoms with Crippen molar-refractivity contribution in [2.24, 2.45) is 0 Å². The van der Waals surface area contributed by atoms with Crippen LogP contribution in [0.15, 0.2) is 70.2 Å². The van der Waals surface area contributed by atoms with Crippen molar-refractivity contribution >= 4 is 11.8 Å². The Morgan fingerprint density at radius 1 is 1.10 bits per heavy atom. The van der Waals surface area contributed by atoms with Crippen LogP contribution in [0.4, 0.5) is 0 Å². The smallest absolute Gasteiger partial charge is 0.226 e. The Bertz CT molecular complexity index is 710. The van der Waals surface area contributed by atoms with E-state index in [1.165, 1.54) is 0 Å². The molecule has 1 heterocycles. The van der Waals surface area contributed by atoms with E-state index in [0.29, 0.717) is 5.89 Å². The number of hydrogen-bond acceptors (Lipinski definition) is 4. The van der Waals surface area contributed by atoms with Crippen molar-refractivity contribution in [1.82, 2.24) is 4.98 Å². The summed E-state index contributed by atoms with van der Waals surface area (Å²) in [5, 5.41) is 0. The zero-order valence-corrected chi connectivity index (χ0v) is 12.5. The van der Waals surface area contributed by atoms with Crippen molar-refractivity contribution in [3.8, 4) is 17.2 Å². The highest BCUT2D eigenvalue weighted by atomic mass is 32.2. The first-order chi connectivity index (χ1) is 10.3. The molecule has 0 saturated carbocycles. The van der Waals surface area contributed by atoms with Crippen molar-refractivity contribution in [2.75, 3.05) is 7.11 Å². The molecule has 4 heteroatoms. The van der Waals surface area contributed by atoms with Crippen LogP contribution in [0.5, 0.6) is 5.75 Å². The number of ether oxygens (including phenoxy) is 1. The summed E-state index contributed by atoms with van der Waals surface area (Å²) in [4.78, 5) is 5.67. The Kier molecular flexibility index (Phi) is 4.26. The molecule has 0 aliphatic heterocycles. The second-order valence-corrected chi connectivity index (χ2v) is 5.53. The Labute approximate surface area is 128 Å². The Morgan fingerprint density at radius 2 is 1.95 bits per heavy atom. The first kappa shape index (κ1) is 13.8. The highest BCUT2D eigenvalue weighted by Gasteiger charge is 2.07. The van der Waals surface area contributed by atoms with Gasteiger partial charge in [-0.1, -0.05) is 24.3 Å². The van der Waals surface area contributed by atoms with Gasteiger partial charge in [-0.3, -0.25) is 0 Å². The van der Waals surface area contributed by atoms with Gasteiger partial charge in [-0.2, -0.15) is 0 Å². The number of aromatic nitrogens is 1. The lowest BCUT2D eigenvalue weighted by Gasteiger charge is -2.02. The summed E-state index contributed by atoms with van der Waals surface area (Å²) in [6, 6.07) is 17.9. The summed E-state index contributed by atoms with van der Waals surface area (Å²) in [5.74, 6) is 2.30. The first-order valence-corrected chi connectivity index (χ1v) is 7.60. The number of hydrogen-bond donors (Lipinski definition) is 0. The third-order valence-electron chi connectivity index (χ3n) is 3.00. The molecular weight excluding hydrogens is 282 g/mol. The van der Waals surface area contributed by atoms with Gasteiger partial charge in [-0.15, -0.1) is 11.8 Å². The van der Waals surface area contributed by atoms with Crippen LogP contribution in [0.3, 0.4) is 0 Å². The fourth-order valence-electron chi connectivity index (χ4n) is 1.93. The van der Waals surface area contributed by atoms with Crippen LogP contribution >= 0.6 is 11.8 Å². The first-order valence-electron chi connectivity index (χ1n) is 6.62. The minimum Gasteiger partial charge on any atom is -0.497 e. The maximum absolute atomic E-state index is 5.53. The third kappa shape index (κ3) is 3.47. The van der Waals surface area contributed by atoms with Crippen molar-refractivity contribution < 1.29 is 9.15 Å². The van der Waals surface area contributed by atoms with Crippen LogP contribution in [0.25, 0.3) is 11.5 Å². The summed E-state index contributed by atoms with van der Waals surface area (Å²) in [7, 11) is 1.67. The molecule has 3 nitrogen and oxygen atoms in total. The second-order valence-electron chi connectivity index (χ2n) is 4.48. The molecule has 21 heavy (non-hydrogen) atoms. The molecule has 0 fully saturated rings. The molecule has 0 unspecified atom stereocenters. The summed E-state index contributed by atoms with van der Waals surface area (Å²) in [6.07, 6.45) is 1.72. The number of rotatable bonds is 5. The van der Waals surface area contributed by atoms with Crippen LogP contribution in [0.2, 0.25) is 0 Å². The van der Waals surface area contributed by atoms with Gasteiger partial charge in [0.2, 0.25) is 5.89 Å². The van der Waals surface area contributed by atoms with E-state index in [1.54, 1.807) is 25.1 Å². The Morgan fingerprint density at radius 3 is 2.76 bits per heavy atom. The van der Waals surface area contributed by atoms with E-state index in [4.69, 9.17) is 9.15 Å². The van der Waals surface area contributed by atoms with Crippen LogP contribution in [-0.2, 0) is 5.75 Å². The molecule has 0 atom stereocenters. The molecule has 3 rings (SSSR count). The molecule has 1 aromatic heterocycles. The van der Waals surface area contributed by atoms with Gasteiger partial charge in [0.1, 0.15) is 12.0 Å². The number of methoxy groups -OCH3 is 1. The minimum absolute atomic E-state index is 0.664. The Balaban J connectivity index is 1.67. The van der Waals surface area contributed by atoms with Gasteiger partial charge in [0, 0.05) is 16.2 Å². The normalized spacial score (nSPS) is 10.5. The predicted molar refractivity (Wildman–Crippen MR) is 84.5 cm³/mol. The van der Waals surface area contributed by atoms with Gasteiger partial charge < -0.3 is 9.15 Å². The largest absolute Gasteiger partial charge is 0.497 e. The quantitative estimate of drug-likeness (QED) is 0.642. The predicted octanol–water partition coefficient (Wildman–Crippen LogP) is 4.64. The molecule has 0 spiro atoms. The average Bonchev–Trinajstić information content (AvgIpc) is 3.03. The van der Waals surface area contributed by atoms with Gasteiger partial charge >= 0.3 is 0 Å². The average molecular weight is 297 g/mol. The SMILES string of the molecule is COc1cccc(SCc2coc(-c3ccccc3)n2)c1. The molecule has 0 N–H and O–H groups in total. The van der Waals surface area contributed by atoms with E-state index in [1.807, 2.05) is 48.5 Å². The van der Waals surface area contributed by atoms with E-state index < -0.39 is 0 Å². The zero-order chi connectivity index (χ0) is 14.5. The van der Waals surface area contributed by atoms with E-state index in [2.05, 4.69) is 11.1 Å². The van der Waals surface area contributed by atoms with Crippen molar-refractivity contribution in [2.45, 2.75) is 10.6 Å². The molecule has 2 aromatic carbocycles. The number of oxazole rings is 1. The van der Waals surface area contributed by atoms with Crippen molar-refractivity contribution in [3.63, 3.8) is 0 Å². The lowest BCUT2D eigenvalue weighted by molar-refractivity contribution is 0.413. The van der Waals surface area contributed by atoms with Gasteiger partial charge in [0.25, 0.3) is 0 Å². The van der Waals surface area contributed by atoms with Crippen LogP contribution in [0, 0.1) is 0 Å². The van der Waals surface area contributed by atoms with Crippen molar-refractivity contribution in [1.29, 1.82) is 0 Å². The molecule has 0 bridgehead atoms. The zero-order valence-electron chi connectivity index (χ0n) is 11.7. The molecule has 0 amide bonds. The number of thioether (sulfide) groups is 1. The topological polar surface area (TPSA) is 35.3 Å². The van der Waals surface area contributed by atoms with E-state index in [9.17, 15) is 0 Å². The molecule has 0 aliphatic rings. The van der Waals surface area contributed by atoms with Crippen LogP contribution < -0.4 is 4.74 Å². The molecule has 0 saturated heterocycles. The summed E-state index contributed by atoms with van der Waals surface area (Å²) < 4.78 is 10.8. The second kappa shape index (κ2) is 6.50. The van der Waals surface area contributed by atoms with Gasteiger partial charge in [-0.05, 0) is 30.3 Å². The summed E-state index contributed by atoms with van der Waals surface area (Å²) in [6.45, 7) is 0. The lowest BCUT2D eigenvalue weighted by atomic mass is 10.2. The number of benzene rings is 2. The fourth-order valence-corrected chi connectivity index (χ4v) is 2.76. The van der Waals surface area contributed by atoms with Gasteiger partial charge in [-0.25, -0.2) is 4.98 Å². The maximum atomic E-state index is 5.53. The van der Waals surface area contributed by atoms with E-state index >= 15 is 0 Å². The minimum atomic E-state index is 0.664. The van der Waals surface area contributed by atoms with Crippen molar-refractivity contribution in [3.05, 3.63) is 66.6 Å². The highest BCUT2D eigenvalue weighted by molar-refractivity contribution is 7.98. The van der Waals surface area contributed by atoms with Gasteiger partial charge in [0.05, 0.1) is 12.8 Å². The number of nitrogens with zero attached hydrogens (tertiary/aromatic N) is 1. The monoisotopic (exact) mass is 297 g/mol. The lowest BCUT2D eigenvalue weighted by Crippen LogP contribution is -1.84. The van der Waals surface area contributed by atoms with Gasteiger partial charge in [0.15, 0.2) is 0 Å². The highest BCUT2D eigenvalue weighted by Crippen LogP contribution is 2.27. The summed E-state index contributed by atoms with van der Waals surface area (Å²) >= 11 is 1.71. The third-order valence-corrected chi connectivity index (χ3v) is 4.03.